The average Bonchev–Trinajstić information content (AvgIpc) is 3.44. The summed E-state index contributed by atoms with van der Waals surface area (Å²) in [6.07, 6.45) is 87.3. The second-order valence-electron chi connectivity index (χ2n) is 22.4. The van der Waals surface area contributed by atoms with Crippen LogP contribution in [-0.4, -0.2) is 37.2 Å². The third kappa shape index (κ3) is 63.4. The minimum Gasteiger partial charge on any atom is -0.462 e. The maximum absolute atomic E-state index is 12.9. The molecule has 0 aliphatic rings. The van der Waals surface area contributed by atoms with Crippen LogP contribution in [0.15, 0.2) is 85.1 Å². The van der Waals surface area contributed by atoms with Crippen molar-refractivity contribution in [2.45, 2.75) is 341 Å². The lowest BCUT2D eigenvalue weighted by molar-refractivity contribution is -0.167. The minimum atomic E-state index is -0.790. The first kappa shape index (κ1) is 74.6. The lowest BCUT2D eigenvalue weighted by atomic mass is 10.1. The summed E-state index contributed by atoms with van der Waals surface area (Å²) < 4.78 is 17.0. The van der Waals surface area contributed by atoms with E-state index in [0.29, 0.717) is 19.3 Å². The summed E-state index contributed by atoms with van der Waals surface area (Å²) in [6, 6.07) is 0. The lowest BCUT2D eigenvalue weighted by Gasteiger charge is -2.18. The minimum absolute atomic E-state index is 0.0859. The molecule has 0 saturated carbocycles. The molecule has 6 heteroatoms. The van der Waals surface area contributed by atoms with Crippen molar-refractivity contribution in [3.05, 3.63) is 85.1 Å². The third-order valence-electron chi connectivity index (χ3n) is 14.6. The zero-order valence-electron chi connectivity index (χ0n) is 51.7. The zero-order chi connectivity index (χ0) is 56.4. The highest BCUT2D eigenvalue weighted by molar-refractivity contribution is 5.71. The maximum Gasteiger partial charge on any atom is 0.306 e. The fourth-order valence-corrected chi connectivity index (χ4v) is 9.51. The molecule has 0 amide bonds. The summed E-state index contributed by atoms with van der Waals surface area (Å²) in [6.45, 7) is 6.62. The van der Waals surface area contributed by atoms with E-state index in [1.54, 1.807) is 0 Å². The number of unbranched alkanes of at least 4 members (excludes halogenated alkanes) is 36. The van der Waals surface area contributed by atoms with Gasteiger partial charge in [-0.2, -0.15) is 0 Å². The predicted octanol–water partition coefficient (Wildman–Crippen LogP) is 23.1. The molecule has 0 aromatic carbocycles. The zero-order valence-corrected chi connectivity index (χ0v) is 51.7. The Kier molecular flexibility index (Phi) is 63.2. The van der Waals surface area contributed by atoms with Crippen LogP contribution in [0.3, 0.4) is 0 Å². The van der Waals surface area contributed by atoms with Crippen molar-refractivity contribution in [2.75, 3.05) is 13.2 Å². The van der Waals surface area contributed by atoms with Crippen molar-refractivity contribution in [1.29, 1.82) is 0 Å². The summed E-state index contributed by atoms with van der Waals surface area (Å²) >= 11 is 0. The van der Waals surface area contributed by atoms with Crippen molar-refractivity contribution in [1.82, 2.24) is 0 Å². The number of hydrogen-bond acceptors (Lipinski definition) is 6. The van der Waals surface area contributed by atoms with Gasteiger partial charge in [0, 0.05) is 19.3 Å². The standard InChI is InChI=1S/C72H126O6/c1-4-7-10-13-16-19-22-25-28-31-33-35-36-38-39-41-44-47-50-53-56-59-62-65-71(74)77-68-69(67-76-70(73)64-61-58-55-52-49-46-43-30-27-24-21-18-15-12-9-6-3)78-72(75)66-63-60-57-54-51-48-45-42-40-37-34-32-29-26-23-20-17-14-11-8-5-2/h21-26,30-34,36,38,43,69H,4-20,27-29,35,37,39-42,44-68H2,1-3H3/b24-21-,25-22-,26-23-,33-31-,34-32-,38-36-,43-30-. The van der Waals surface area contributed by atoms with Gasteiger partial charge in [-0.3, -0.25) is 14.4 Å². The van der Waals surface area contributed by atoms with Gasteiger partial charge in [0.25, 0.3) is 0 Å². The van der Waals surface area contributed by atoms with Gasteiger partial charge < -0.3 is 14.2 Å². The molecular weight excluding hydrogens is 961 g/mol. The second kappa shape index (κ2) is 66.1. The van der Waals surface area contributed by atoms with Crippen LogP contribution in [0.1, 0.15) is 335 Å². The highest BCUT2D eigenvalue weighted by Crippen LogP contribution is 2.16. The van der Waals surface area contributed by atoms with E-state index in [9.17, 15) is 14.4 Å². The number of esters is 3. The molecule has 450 valence electrons. The van der Waals surface area contributed by atoms with Gasteiger partial charge in [0.2, 0.25) is 0 Å². The molecular formula is C72H126O6. The second-order valence-corrected chi connectivity index (χ2v) is 22.4. The smallest absolute Gasteiger partial charge is 0.306 e. The van der Waals surface area contributed by atoms with Crippen LogP contribution in [-0.2, 0) is 28.6 Å². The summed E-state index contributed by atoms with van der Waals surface area (Å²) in [4.78, 5) is 38.4. The van der Waals surface area contributed by atoms with Crippen LogP contribution in [0.5, 0.6) is 0 Å². The quantitative estimate of drug-likeness (QED) is 0.0261. The fraction of sp³-hybridized carbons (Fsp3) is 0.764. The van der Waals surface area contributed by atoms with Crippen molar-refractivity contribution < 1.29 is 28.6 Å². The fourth-order valence-electron chi connectivity index (χ4n) is 9.51. The average molecular weight is 1090 g/mol. The molecule has 78 heavy (non-hydrogen) atoms. The van der Waals surface area contributed by atoms with Crippen molar-refractivity contribution >= 4 is 17.9 Å². The van der Waals surface area contributed by atoms with Crippen LogP contribution < -0.4 is 0 Å². The molecule has 0 aliphatic heterocycles. The van der Waals surface area contributed by atoms with E-state index >= 15 is 0 Å². The largest absolute Gasteiger partial charge is 0.462 e. The van der Waals surface area contributed by atoms with Crippen molar-refractivity contribution in [3.8, 4) is 0 Å². The first-order valence-corrected chi connectivity index (χ1v) is 33.6. The van der Waals surface area contributed by atoms with E-state index in [1.807, 2.05) is 0 Å². The molecule has 0 N–H and O–H groups in total. The van der Waals surface area contributed by atoms with Crippen molar-refractivity contribution in [3.63, 3.8) is 0 Å². The van der Waals surface area contributed by atoms with Gasteiger partial charge in [0.05, 0.1) is 0 Å². The molecule has 0 aliphatic carbocycles. The Morgan fingerprint density at radius 3 is 0.731 bits per heavy atom. The van der Waals surface area contributed by atoms with Gasteiger partial charge in [0.1, 0.15) is 13.2 Å². The predicted molar refractivity (Wildman–Crippen MR) is 339 cm³/mol. The number of rotatable bonds is 61. The number of carbonyl (C=O) groups is 3. The molecule has 0 aromatic heterocycles. The molecule has 0 spiro atoms. The molecule has 0 bridgehead atoms. The summed E-state index contributed by atoms with van der Waals surface area (Å²) in [5.74, 6) is -0.897. The van der Waals surface area contributed by atoms with Gasteiger partial charge in [-0.15, -0.1) is 0 Å². The first-order valence-electron chi connectivity index (χ1n) is 33.6. The molecule has 0 aromatic rings. The number of ether oxygens (including phenoxy) is 3. The molecule has 0 heterocycles. The van der Waals surface area contributed by atoms with Crippen LogP contribution in [0.25, 0.3) is 0 Å². The third-order valence-corrected chi connectivity index (χ3v) is 14.6. The monoisotopic (exact) mass is 1090 g/mol. The van der Waals surface area contributed by atoms with Gasteiger partial charge in [-0.05, 0) is 122 Å². The van der Waals surface area contributed by atoms with E-state index in [0.717, 1.165) is 103 Å². The molecule has 0 radical (unpaired) electrons. The molecule has 0 rings (SSSR count). The number of allylic oxidation sites excluding steroid dienone is 14. The summed E-state index contributed by atoms with van der Waals surface area (Å²) in [5, 5.41) is 0. The van der Waals surface area contributed by atoms with Gasteiger partial charge in [-0.25, -0.2) is 0 Å². The topological polar surface area (TPSA) is 78.9 Å². The highest BCUT2D eigenvalue weighted by atomic mass is 16.6. The van der Waals surface area contributed by atoms with Gasteiger partial charge >= 0.3 is 17.9 Å². The maximum atomic E-state index is 12.9. The molecule has 1 unspecified atom stereocenters. The van der Waals surface area contributed by atoms with E-state index in [1.165, 1.54) is 193 Å². The van der Waals surface area contributed by atoms with E-state index < -0.39 is 6.10 Å². The normalized spacial score (nSPS) is 12.6. The van der Waals surface area contributed by atoms with Crippen LogP contribution in [0, 0.1) is 0 Å². The lowest BCUT2D eigenvalue weighted by Crippen LogP contribution is -2.30. The molecule has 0 saturated heterocycles. The molecule has 6 nitrogen and oxygen atoms in total. The Morgan fingerprint density at radius 1 is 0.256 bits per heavy atom. The Hall–Kier alpha value is -3.41. The summed E-state index contributed by atoms with van der Waals surface area (Å²) in [5.41, 5.74) is 0. The van der Waals surface area contributed by atoms with Gasteiger partial charge in [-0.1, -0.05) is 279 Å². The van der Waals surface area contributed by atoms with Gasteiger partial charge in [0.15, 0.2) is 6.10 Å². The highest BCUT2D eigenvalue weighted by Gasteiger charge is 2.19. The Bertz CT molecular complexity index is 1480. The Labute approximate surface area is 484 Å². The molecule has 1 atom stereocenters. The Balaban J connectivity index is 4.40. The SMILES string of the molecule is CCCCCC/C=C\C/C=C\CCCCCCCC(=O)OCC(COC(=O)CCCCCCCCCC/C=C\C/C=C\C/C=C\CCCCCCC)OC(=O)CCCCCCCCCCC/C=C\C/C=C\CCCCCCC. The van der Waals surface area contributed by atoms with E-state index in [-0.39, 0.29) is 31.1 Å². The molecule has 0 fully saturated rings. The van der Waals surface area contributed by atoms with Crippen LogP contribution >= 0.6 is 0 Å². The van der Waals surface area contributed by atoms with E-state index in [4.69, 9.17) is 14.2 Å². The van der Waals surface area contributed by atoms with E-state index in [2.05, 4.69) is 106 Å². The number of carbonyl (C=O) groups excluding carboxylic acids is 3. The first-order chi connectivity index (χ1) is 38.5. The Morgan fingerprint density at radius 2 is 0.462 bits per heavy atom. The summed E-state index contributed by atoms with van der Waals surface area (Å²) in [7, 11) is 0. The van der Waals surface area contributed by atoms with Crippen LogP contribution in [0.4, 0.5) is 0 Å². The number of hydrogen-bond donors (Lipinski definition) is 0. The van der Waals surface area contributed by atoms with Crippen molar-refractivity contribution in [2.24, 2.45) is 0 Å². The van der Waals surface area contributed by atoms with Crippen LogP contribution in [0.2, 0.25) is 0 Å².